The van der Waals surface area contributed by atoms with E-state index in [4.69, 9.17) is 9.47 Å². The van der Waals surface area contributed by atoms with Gasteiger partial charge in [0.1, 0.15) is 0 Å². The fourth-order valence-electron chi connectivity index (χ4n) is 3.44. The van der Waals surface area contributed by atoms with Crippen LogP contribution in [-0.4, -0.2) is 30.9 Å². The molecule has 1 unspecified atom stereocenters. The van der Waals surface area contributed by atoms with E-state index in [1.165, 1.54) is 0 Å². The Kier molecular flexibility index (Phi) is 4.49. The summed E-state index contributed by atoms with van der Waals surface area (Å²) in [5, 5.41) is 0. The Bertz CT molecular complexity index is 485. The molecule has 1 fully saturated rings. The lowest BCUT2D eigenvalue weighted by molar-refractivity contribution is -0.175. The van der Waals surface area contributed by atoms with Crippen molar-refractivity contribution in [3.8, 4) is 0 Å². The molecule has 1 saturated carbocycles. The maximum atomic E-state index is 12.4. The molecule has 5 nitrogen and oxygen atoms in total. The van der Waals surface area contributed by atoms with E-state index in [-0.39, 0.29) is 24.9 Å². The van der Waals surface area contributed by atoms with Gasteiger partial charge >= 0.3 is 11.9 Å². The number of ketones is 1. The number of carbonyl (C=O) groups excluding carboxylic acids is 3. The van der Waals surface area contributed by atoms with Gasteiger partial charge in [-0.3, -0.25) is 14.4 Å². The predicted molar refractivity (Wildman–Crippen MR) is 75.4 cm³/mol. The first-order valence-corrected chi connectivity index (χ1v) is 7.53. The Morgan fingerprint density at radius 1 is 1.19 bits per heavy atom. The maximum absolute atomic E-state index is 12.4. The summed E-state index contributed by atoms with van der Waals surface area (Å²) < 4.78 is 10.2. The lowest BCUT2D eigenvalue weighted by atomic mass is 9.67. The van der Waals surface area contributed by atoms with Crippen LogP contribution in [0, 0.1) is 11.3 Å². The quantitative estimate of drug-likeness (QED) is 0.587. The average molecular weight is 294 g/mol. The molecule has 116 valence electrons. The van der Waals surface area contributed by atoms with Crippen LogP contribution in [0.1, 0.15) is 46.5 Å². The molecule has 0 amide bonds. The summed E-state index contributed by atoms with van der Waals surface area (Å²) in [4.78, 5) is 36.6. The highest BCUT2D eigenvalue weighted by atomic mass is 16.6. The fourth-order valence-corrected chi connectivity index (χ4v) is 3.44. The molecular formula is C16H22O5. The van der Waals surface area contributed by atoms with Crippen molar-refractivity contribution in [3.63, 3.8) is 0 Å². The molecule has 0 saturated heterocycles. The molecular weight excluding hydrogens is 272 g/mol. The standard InChI is InChI=1S/C16H22O5/c1-4-20-14(18)16(15(19)21-5-2)7-6-12-10(3)13(17)8-11(12)9-16/h11H,4-9H2,1-3H3. The molecule has 0 N–H and O–H groups in total. The van der Waals surface area contributed by atoms with E-state index < -0.39 is 17.4 Å². The van der Waals surface area contributed by atoms with Gasteiger partial charge in [-0.15, -0.1) is 0 Å². The second-order valence-corrected chi connectivity index (χ2v) is 5.70. The van der Waals surface area contributed by atoms with Gasteiger partial charge in [0, 0.05) is 6.42 Å². The van der Waals surface area contributed by atoms with Crippen molar-refractivity contribution in [1.82, 2.24) is 0 Å². The number of hydrogen-bond donors (Lipinski definition) is 0. The van der Waals surface area contributed by atoms with Crippen LogP contribution in [0.4, 0.5) is 0 Å². The molecule has 2 aliphatic carbocycles. The van der Waals surface area contributed by atoms with Crippen LogP contribution in [-0.2, 0) is 23.9 Å². The van der Waals surface area contributed by atoms with Crippen LogP contribution >= 0.6 is 0 Å². The van der Waals surface area contributed by atoms with Crippen LogP contribution in [0.5, 0.6) is 0 Å². The molecule has 0 heterocycles. The first kappa shape index (κ1) is 15.7. The number of rotatable bonds is 4. The minimum Gasteiger partial charge on any atom is -0.465 e. The highest BCUT2D eigenvalue weighted by molar-refractivity contribution is 6.02. The van der Waals surface area contributed by atoms with Gasteiger partial charge in [0.25, 0.3) is 0 Å². The summed E-state index contributed by atoms with van der Waals surface area (Å²) in [7, 11) is 0. The zero-order valence-corrected chi connectivity index (χ0v) is 12.9. The van der Waals surface area contributed by atoms with Crippen LogP contribution in [0.25, 0.3) is 0 Å². The Hall–Kier alpha value is -1.65. The normalized spacial score (nSPS) is 23.8. The van der Waals surface area contributed by atoms with Gasteiger partial charge < -0.3 is 9.47 Å². The van der Waals surface area contributed by atoms with E-state index in [1.54, 1.807) is 13.8 Å². The van der Waals surface area contributed by atoms with Crippen molar-refractivity contribution in [1.29, 1.82) is 0 Å². The SMILES string of the molecule is CCOC(=O)C1(C(=O)OCC)CCC2=C(C)C(=O)CC2C1. The van der Waals surface area contributed by atoms with E-state index in [0.717, 1.165) is 11.1 Å². The van der Waals surface area contributed by atoms with Gasteiger partial charge in [-0.25, -0.2) is 0 Å². The first-order chi connectivity index (χ1) is 9.96. The van der Waals surface area contributed by atoms with Crippen LogP contribution < -0.4 is 0 Å². The number of hydrogen-bond acceptors (Lipinski definition) is 5. The molecule has 0 radical (unpaired) electrons. The molecule has 0 aromatic rings. The molecule has 21 heavy (non-hydrogen) atoms. The van der Waals surface area contributed by atoms with Gasteiger partial charge in [-0.05, 0) is 51.5 Å². The maximum Gasteiger partial charge on any atom is 0.323 e. The Morgan fingerprint density at radius 2 is 1.76 bits per heavy atom. The van der Waals surface area contributed by atoms with E-state index in [2.05, 4.69) is 0 Å². The number of ether oxygens (including phenoxy) is 2. The second kappa shape index (κ2) is 6.00. The molecule has 0 aromatic carbocycles. The molecule has 0 aliphatic heterocycles. The van der Waals surface area contributed by atoms with Crippen molar-refractivity contribution in [2.75, 3.05) is 13.2 Å². The van der Waals surface area contributed by atoms with Crippen molar-refractivity contribution in [3.05, 3.63) is 11.1 Å². The lowest BCUT2D eigenvalue weighted by Gasteiger charge is -2.36. The highest BCUT2D eigenvalue weighted by Crippen LogP contribution is 2.49. The van der Waals surface area contributed by atoms with Gasteiger partial charge in [-0.2, -0.15) is 0 Å². The van der Waals surface area contributed by atoms with Crippen LogP contribution in [0.2, 0.25) is 0 Å². The second-order valence-electron chi connectivity index (χ2n) is 5.70. The van der Waals surface area contributed by atoms with Gasteiger partial charge in [0.05, 0.1) is 13.2 Å². The minimum atomic E-state index is -1.24. The van der Waals surface area contributed by atoms with E-state index >= 15 is 0 Å². The number of fused-ring (bicyclic) bond motifs is 1. The zero-order chi connectivity index (χ0) is 15.6. The molecule has 1 atom stereocenters. The average Bonchev–Trinajstić information content (AvgIpc) is 2.73. The Labute approximate surface area is 124 Å². The van der Waals surface area contributed by atoms with E-state index in [1.807, 2.05) is 6.92 Å². The van der Waals surface area contributed by atoms with Crippen molar-refractivity contribution in [2.24, 2.45) is 11.3 Å². The van der Waals surface area contributed by atoms with Crippen molar-refractivity contribution in [2.45, 2.75) is 46.5 Å². The summed E-state index contributed by atoms with van der Waals surface area (Å²) in [6.45, 7) is 5.72. The van der Waals surface area contributed by atoms with Crippen LogP contribution in [0.3, 0.4) is 0 Å². The predicted octanol–water partition coefficient (Wildman–Crippen LogP) is 2.19. The lowest BCUT2D eigenvalue weighted by Crippen LogP contribution is -2.45. The van der Waals surface area contributed by atoms with Crippen molar-refractivity contribution < 1.29 is 23.9 Å². The molecule has 0 aromatic heterocycles. The van der Waals surface area contributed by atoms with Crippen molar-refractivity contribution >= 4 is 17.7 Å². The summed E-state index contributed by atoms with van der Waals surface area (Å²) >= 11 is 0. The first-order valence-electron chi connectivity index (χ1n) is 7.53. The third-order valence-electron chi connectivity index (χ3n) is 4.57. The van der Waals surface area contributed by atoms with Gasteiger partial charge in [0.2, 0.25) is 0 Å². The number of allylic oxidation sites excluding steroid dienone is 2. The fraction of sp³-hybridized carbons (Fsp3) is 0.688. The summed E-state index contributed by atoms with van der Waals surface area (Å²) in [5.74, 6) is -0.933. The third-order valence-corrected chi connectivity index (χ3v) is 4.57. The van der Waals surface area contributed by atoms with E-state index in [9.17, 15) is 14.4 Å². The Balaban J connectivity index is 2.30. The monoisotopic (exact) mass is 294 g/mol. The summed E-state index contributed by atoms with van der Waals surface area (Å²) in [6.07, 6.45) is 1.66. The Morgan fingerprint density at radius 3 is 2.29 bits per heavy atom. The third kappa shape index (κ3) is 2.61. The summed E-state index contributed by atoms with van der Waals surface area (Å²) in [5.41, 5.74) is 0.663. The smallest absolute Gasteiger partial charge is 0.323 e. The number of carbonyl (C=O) groups is 3. The minimum absolute atomic E-state index is 0.0277. The largest absolute Gasteiger partial charge is 0.465 e. The van der Waals surface area contributed by atoms with Gasteiger partial charge in [0.15, 0.2) is 11.2 Å². The molecule has 0 spiro atoms. The summed E-state index contributed by atoms with van der Waals surface area (Å²) in [6, 6.07) is 0. The van der Waals surface area contributed by atoms with Gasteiger partial charge in [-0.1, -0.05) is 5.57 Å². The number of Topliss-reactive ketones (excluding diaryl/α,β-unsaturated/α-hetero) is 1. The molecule has 2 aliphatic rings. The number of esters is 2. The highest BCUT2D eigenvalue weighted by Gasteiger charge is 2.54. The topological polar surface area (TPSA) is 69.7 Å². The van der Waals surface area contributed by atoms with Crippen LogP contribution in [0.15, 0.2) is 11.1 Å². The molecule has 2 rings (SSSR count). The molecule has 0 bridgehead atoms. The zero-order valence-electron chi connectivity index (χ0n) is 12.9. The molecule has 5 heteroatoms. The van der Waals surface area contributed by atoms with E-state index in [0.29, 0.717) is 25.7 Å².